The van der Waals surface area contributed by atoms with Gasteiger partial charge in [-0.15, -0.1) is 11.3 Å². The van der Waals surface area contributed by atoms with Crippen LogP contribution < -0.4 is 11.1 Å². The Morgan fingerprint density at radius 1 is 1.35 bits per heavy atom. The van der Waals surface area contributed by atoms with Gasteiger partial charge in [0.2, 0.25) is 0 Å². The Bertz CT molecular complexity index is 592. The van der Waals surface area contributed by atoms with Crippen molar-refractivity contribution in [1.82, 2.24) is 0 Å². The first-order valence-corrected chi connectivity index (χ1v) is 7.32. The average Bonchev–Trinajstić information content (AvgIpc) is 2.81. The quantitative estimate of drug-likeness (QED) is 0.798. The molecular weight excluding hydrogens is 275 g/mol. The molecule has 0 unspecified atom stereocenters. The van der Waals surface area contributed by atoms with Crippen LogP contribution in [-0.2, 0) is 6.42 Å². The first-order valence-electron chi connectivity index (χ1n) is 6.51. The lowest BCUT2D eigenvalue weighted by molar-refractivity contribution is 0.0993. The number of Topliss-reactive ketones (excluding diaryl/α,β-unsaturated/α-hetero) is 1. The van der Waals surface area contributed by atoms with Crippen molar-refractivity contribution in [2.24, 2.45) is 0 Å². The van der Waals surface area contributed by atoms with Crippen molar-refractivity contribution in [1.29, 1.82) is 0 Å². The average molecular weight is 292 g/mol. The molecule has 1 aromatic carbocycles. The number of halogens is 1. The number of hydrogen-bond acceptors (Lipinski definition) is 4. The van der Waals surface area contributed by atoms with Crippen molar-refractivity contribution in [3.05, 3.63) is 46.6 Å². The molecule has 0 saturated heterocycles. The highest BCUT2D eigenvalue weighted by molar-refractivity contribution is 7.18. The van der Waals surface area contributed by atoms with Crippen molar-refractivity contribution in [3.63, 3.8) is 0 Å². The number of anilines is 2. The van der Waals surface area contributed by atoms with E-state index in [4.69, 9.17) is 5.73 Å². The molecule has 0 radical (unpaired) electrons. The summed E-state index contributed by atoms with van der Waals surface area (Å²) in [6.07, 6.45) is 1.24. The Labute approximate surface area is 121 Å². The first-order chi connectivity index (χ1) is 9.60. The Balaban J connectivity index is 1.91. The minimum Gasteiger partial charge on any atom is -0.397 e. The second-order valence-electron chi connectivity index (χ2n) is 4.48. The van der Waals surface area contributed by atoms with E-state index in [9.17, 15) is 9.18 Å². The third kappa shape index (κ3) is 3.57. The molecule has 5 heteroatoms. The van der Waals surface area contributed by atoms with Gasteiger partial charge in [-0.05, 0) is 30.2 Å². The van der Waals surface area contributed by atoms with Crippen LogP contribution in [0.2, 0.25) is 0 Å². The van der Waals surface area contributed by atoms with E-state index in [0.717, 1.165) is 17.0 Å². The van der Waals surface area contributed by atoms with E-state index in [1.165, 1.54) is 23.5 Å². The maximum absolute atomic E-state index is 12.8. The van der Waals surface area contributed by atoms with Crippen LogP contribution in [0, 0.1) is 5.82 Å². The topological polar surface area (TPSA) is 55.1 Å². The van der Waals surface area contributed by atoms with Gasteiger partial charge in [0.05, 0.1) is 15.6 Å². The van der Waals surface area contributed by atoms with Gasteiger partial charge in [0.15, 0.2) is 5.78 Å². The number of nitrogens with one attached hydrogen (secondary N) is 1. The van der Waals surface area contributed by atoms with Crippen molar-refractivity contribution in [2.75, 3.05) is 17.6 Å². The van der Waals surface area contributed by atoms with Gasteiger partial charge < -0.3 is 11.1 Å². The van der Waals surface area contributed by atoms with Gasteiger partial charge >= 0.3 is 0 Å². The highest BCUT2D eigenvalue weighted by atomic mass is 32.1. The van der Waals surface area contributed by atoms with Crippen molar-refractivity contribution < 1.29 is 9.18 Å². The monoisotopic (exact) mass is 292 g/mol. The van der Waals surface area contributed by atoms with Crippen LogP contribution in [0.15, 0.2) is 30.3 Å². The van der Waals surface area contributed by atoms with E-state index in [1.807, 2.05) is 6.92 Å². The summed E-state index contributed by atoms with van der Waals surface area (Å²) in [5.74, 6) is -0.158. The van der Waals surface area contributed by atoms with Gasteiger partial charge in [-0.3, -0.25) is 4.79 Å². The third-order valence-electron chi connectivity index (χ3n) is 2.96. The van der Waals surface area contributed by atoms with Crippen LogP contribution in [-0.4, -0.2) is 12.3 Å². The number of nitrogens with two attached hydrogens (primary N) is 1. The van der Waals surface area contributed by atoms with Crippen LogP contribution in [0.3, 0.4) is 0 Å². The van der Waals surface area contributed by atoms with Crippen molar-refractivity contribution in [2.45, 2.75) is 19.8 Å². The summed E-state index contributed by atoms with van der Waals surface area (Å²) >= 11 is 1.38. The van der Waals surface area contributed by atoms with E-state index < -0.39 is 0 Å². The molecule has 0 aliphatic carbocycles. The number of carbonyl (C=O) groups is 1. The zero-order valence-electron chi connectivity index (χ0n) is 11.3. The molecule has 3 N–H and O–H groups in total. The zero-order valence-corrected chi connectivity index (χ0v) is 12.1. The van der Waals surface area contributed by atoms with Gasteiger partial charge in [0.1, 0.15) is 5.82 Å². The largest absolute Gasteiger partial charge is 0.397 e. The summed E-state index contributed by atoms with van der Waals surface area (Å²) in [6.45, 7) is 2.54. The molecule has 0 amide bonds. The second-order valence-corrected chi connectivity index (χ2v) is 5.53. The normalized spacial score (nSPS) is 10.5. The number of carbonyl (C=O) groups excluding carboxylic acids is 1. The van der Waals surface area contributed by atoms with Crippen LogP contribution in [0.1, 0.15) is 28.6 Å². The standard InChI is InChI=1S/C15H17FN2OS/c1-2-13(19)15-12(17)9-14(20-15)18-8-7-10-3-5-11(16)6-4-10/h3-6,9,18H,2,7-8,17H2,1H3. The summed E-state index contributed by atoms with van der Waals surface area (Å²) in [6, 6.07) is 8.24. The molecule has 3 nitrogen and oxygen atoms in total. The fourth-order valence-electron chi connectivity index (χ4n) is 1.85. The number of nitrogen functional groups attached to an aromatic ring is 1. The van der Waals surface area contributed by atoms with Gasteiger partial charge in [-0.1, -0.05) is 19.1 Å². The zero-order chi connectivity index (χ0) is 14.5. The molecular formula is C15H17FN2OS. The lowest BCUT2D eigenvalue weighted by Crippen LogP contribution is -2.03. The Hall–Kier alpha value is -1.88. The van der Waals surface area contributed by atoms with Crippen LogP contribution in [0.5, 0.6) is 0 Å². The van der Waals surface area contributed by atoms with Crippen LogP contribution in [0.4, 0.5) is 15.1 Å². The van der Waals surface area contributed by atoms with Gasteiger partial charge in [0.25, 0.3) is 0 Å². The molecule has 0 bridgehead atoms. The number of thiophene rings is 1. The molecule has 0 atom stereocenters. The highest BCUT2D eigenvalue weighted by Gasteiger charge is 2.12. The van der Waals surface area contributed by atoms with E-state index in [-0.39, 0.29) is 11.6 Å². The molecule has 106 valence electrons. The van der Waals surface area contributed by atoms with E-state index in [2.05, 4.69) is 5.32 Å². The van der Waals surface area contributed by atoms with Crippen molar-refractivity contribution in [3.8, 4) is 0 Å². The molecule has 2 aromatic rings. The maximum atomic E-state index is 12.8. The Morgan fingerprint density at radius 3 is 2.70 bits per heavy atom. The fraction of sp³-hybridized carbons (Fsp3) is 0.267. The number of hydrogen-bond donors (Lipinski definition) is 2. The lowest BCUT2D eigenvalue weighted by atomic mass is 10.1. The van der Waals surface area contributed by atoms with Gasteiger partial charge in [-0.25, -0.2) is 4.39 Å². The highest BCUT2D eigenvalue weighted by Crippen LogP contribution is 2.30. The minimum atomic E-state index is -0.226. The predicted molar refractivity (Wildman–Crippen MR) is 81.9 cm³/mol. The smallest absolute Gasteiger partial charge is 0.174 e. The molecule has 1 aromatic heterocycles. The number of benzene rings is 1. The molecule has 0 fully saturated rings. The lowest BCUT2D eigenvalue weighted by Gasteiger charge is -2.03. The minimum absolute atomic E-state index is 0.0686. The molecule has 1 heterocycles. The molecule has 20 heavy (non-hydrogen) atoms. The molecule has 0 aliphatic rings. The summed E-state index contributed by atoms with van der Waals surface area (Å²) < 4.78 is 12.8. The van der Waals surface area contributed by atoms with Gasteiger partial charge in [0, 0.05) is 13.0 Å². The second kappa shape index (κ2) is 6.52. The first kappa shape index (κ1) is 14.5. The fourth-order valence-corrected chi connectivity index (χ4v) is 2.87. The van der Waals surface area contributed by atoms with Crippen molar-refractivity contribution >= 4 is 27.8 Å². The third-order valence-corrected chi connectivity index (χ3v) is 4.11. The Kier molecular flexibility index (Phi) is 4.74. The van der Waals surface area contributed by atoms with E-state index in [0.29, 0.717) is 23.5 Å². The predicted octanol–water partition coefficient (Wildman–Crippen LogP) is 3.72. The summed E-state index contributed by atoms with van der Waals surface area (Å²) in [4.78, 5) is 12.3. The molecule has 2 rings (SSSR count). The summed E-state index contributed by atoms with van der Waals surface area (Å²) in [7, 11) is 0. The Morgan fingerprint density at radius 2 is 2.05 bits per heavy atom. The maximum Gasteiger partial charge on any atom is 0.174 e. The van der Waals surface area contributed by atoms with E-state index >= 15 is 0 Å². The van der Waals surface area contributed by atoms with Crippen LogP contribution in [0.25, 0.3) is 0 Å². The molecule has 0 aliphatic heterocycles. The summed E-state index contributed by atoms with van der Waals surface area (Å²) in [5, 5.41) is 4.13. The molecule has 0 spiro atoms. The summed E-state index contributed by atoms with van der Waals surface area (Å²) in [5.41, 5.74) is 7.42. The van der Waals surface area contributed by atoms with Crippen LogP contribution >= 0.6 is 11.3 Å². The number of rotatable bonds is 6. The van der Waals surface area contributed by atoms with Gasteiger partial charge in [-0.2, -0.15) is 0 Å². The molecule has 0 saturated carbocycles. The number of ketones is 1. The van der Waals surface area contributed by atoms with E-state index in [1.54, 1.807) is 18.2 Å². The SMILES string of the molecule is CCC(=O)c1sc(NCCc2ccc(F)cc2)cc1N.